The molecule has 0 aromatic heterocycles. The van der Waals surface area contributed by atoms with Gasteiger partial charge >= 0.3 is 5.97 Å². The van der Waals surface area contributed by atoms with Gasteiger partial charge in [-0.25, -0.2) is 0 Å². The van der Waals surface area contributed by atoms with E-state index in [-0.39, 0.29) is 25.4 Å². The zero-order chi connectivity index (χ0) is 20.5. The van der Waals surface area contributed by atoms with Crippen molar-refractivity contribution in [3.05, 3.63) is 58.6 Å². The molecule has 2 aromatic carbocycles. The fraction of sp³-hybridized carbons (Fsp3) is 0.286. The van der Waals surface area contributed by atoms with Crippen LogP contribution < -0.4 is 10.6 Å². The smallest absolute Gasteiger partial charge is 0.306 e. The van der Waals surface area contributed by atoms with Crippen molar-refractivity contribution < 1.29 is 19.1 Å². The van der Waals surface area contributed by atoms with Crippen LogP contribution in [0.4, 0.5) is 11.4 Å². The van der Waals surface area contributed by atoms with Crippen molar-refractivity contribution >= 4 is 40.8 Å². The van der Waals surface area contributed by atoms with E-state index < -0.39 is 11.9 Å². The van der Waals surface area contributed by atoms with Crippen molar-refractivity contribution in [3.63, 3.8) is 0 Å². The summed E-state index contributed by atoms with van der Waals surface area (Å²) in [6.07, 6.45) is 0.541. The van der Waals surface area contributed by atoms with E-state index in [0.29, 0.717) is 22.8 Å². The lowest BCUT2D eigenvalue weighted by Gasteiger charge is -2.09. The van der Waals surface area contributed by atoms with Crippen LogP contribution in [0.1, 0.15) is 30.4 Å². The average molecular weight is 403 g/mol. The van der Waals surface area contributed by atoms with Crippen LogP contribution in [0.15, 0.2) is 42.5 Å². The fourth-order valence-corrected chi connectivity index (χ4v) is 2.59. The van der Waals surface area contributed by atoms with Gasteiger partial charge in [0.2, 0.25) is 5.91 Å². The molecular formula is C21H23ClN2O4. The number of carbonyl (C=O) groups is 3. The van der Waals surface area contributed by atoms with E-state index in [1.165, 1.54) is 0 Å². The number of carbonyl (C=O) groups excluding carboxylic acids is 3. The van der Waals surface area contributed by atoms with E-state index in [4.69, 9.17) is 16.3 Å². The maximum Gasteiger partial charge on any atom is 0.306 e. The molecule has 0 aliphatic heterocycles. The molecule has 0 bridgehead atoms. The normalized spacial score (nSPS) is 10.2. The van der Waals surface area contributed by atoms with Crippen LogP contribution in [0.3, 0.4) is 0 Å². The van der Waals surface area contributed by atoms with Gasteiger partial charge in [-0.15, -0.1) is 0 Å². The van der Waals surface area contributed by atoms with Crippen molar-refractivity contribution in [1.82, 2.24) is 0 Å². The highest BCUT2D eigenvalue weighted by Crippen LogP contribution is 2.20. The summed E-state index contributed by atoms with van der Waals surface area (Å²) in [6.45, 7) is 3.39. The molecule has 6 nitrogen and oxygen atoms in total. The lowest BCUT2D eigenvalue weighted by atomic mass is 10.2. The summed E-state index contributed by atoms with van der Waals surface area (Å²) >= 11 is 6.02. The van der Waals surface area contributed by atoms with Crippen LogP contribution in [0.25, 0.3) is 0 Å². The Morgan fingerprint density at radius 3 is 2.39 bits per heavy atom. The van der Waals surface area contributed by atoms with Crippen molar-refractivity contribution in [2.45, 2.75) is 33.1 Å². The quantitative estimate of drug-likeness (QED) is 0.646. The molecule has 2 N–H and O–H groups in total. The molecule has 0 saturated carbocycles. The third kappa shape index (κ3) is 7.04. The first kappa shape index (κ1) is 21.4. The molecule has 2 rings (SSSR count). The molecule has 7 heteroatoms. The summed E-state index contributed by atoms with van der Waals surface area (Å²) in [5.74, 6) is -1.15. The SMILES string of the molecule is Cc1ccc(NC(=O)CCCC(=O)OCC(=O)Nc2ccccc2C)cc1Cl. The molecule has 0 aliphatic rings. The molecule has 0 unspecified atom stereocenters. The number of rotatable bonds is 8. The Labute approximate surface area is 169 Å². The number of nitrogens with one attached hydrogen (secondary N) is 2. The monoisotopic (exact) mass is 402 g/mol. The average Bonchev–Trinajstić information content (AvgIpc) is 2.65. The van der Waals surface area contributed by atoms with E-state index in [1.807, 2.05) is 38.1 Å². The minimum Gasteiger partial charge on any atom is -0.456 e. The second-order valence-electron chi connectivity index (χ2n) is 6.39. The number of benzene rings is 2. The molecule has 0 radical (unpaired) electrons. The van der Waals surface area contributed by atoms with Gasteiger partial charge in [0.05, 0.1) is 0 Å². The van der Waals surface area contributed by atoms with E-state index in [0.717, 1.165) is 11.1 Å². The third-order valence-electron chi connectivity index (χ3n) is 4.02. The van der Waals surface area contributed by atoms with Gasteiger partial charge in [0, 0.05) is 29.2 Å². The standard InChI is InChI=1S/C21H23ClN2O4/c1-14-10-11-16(12-17(14)22)23-19(25)8-5-9-21(27)28-13-20(26)24-18-7-4-3-6-15(18)2/h3-4,6-7,10-12H,5,8-9,13H2,1-2H3,(H,23,25)(H,24,26). The van der Waals surface area contributed by atoms with Gasteiger partial charge < -0.3 is 15.4 Å². The van der Waals surface area contributed by atoms with Crippen LogP contribution in [-0.4, -0.2) is 24.4 Å². The van der Waals surface area contributed by atoms with Crippen LogP contribution in [-0.2, 0) is 19.1 Å². The molecule has 2 amide bonds. The summed E-state index contributed by atoms with van der Waals surface area (Å²) in [5, 5.41) is 5.99. The number of amides is 2. The number of aryl methyl sites for hydroxylation is 2. The number of para-hydroxylation sites is 1. The first-order valence-electron chi connectivity index (χ1n) is 8.92. The molecule has 0 aliphatic carbocycles. The maximum atomic E-state index is 11.9. The highest BCUT2D eigenvalue weighted by molar-refractivity contribution is 6.31. The molecule has 0 spiro atoms. The minimum atomic E-state index is -0.522. The van der Waals surface area contributed by atoms with Gasteiger partial charge in [0.25, 0.3) is 5.91 Å². The number of esters is 1. The second kappa shape index (κ2) is 10.5. The zero-order valence-electron chi connectivity index (χ0n) is 15.9. The lowest BCUT2D eigenvalue weighted by Crippen LogP contribution is -2.21. The molecule has 0 heterocycles. The fourth-order valence-electron chi connectivity index (χ4n) is 2.41. The summed E-state index contributed by atoms with van der Waals surface area (Å²) in [6, 6.07) is 12.6. The first-order valence-corrected chi connectivity index (χ1v) is 9.30. The maximum absolute atomic E-state index is 11.9. The topological polar surface area (TPSA) is 84.5 Å². The summed E-state index contributed by atoms with van der Waals surface area (Å²) in [5.41, 5.74) is 3.13. The van der Waals surface area contributed by atoms with Gasteiger partial charge in [-0.3, -0.25) is 14.4 Å². The first-order chi connectivity index (χ1) is 13.3. The van der Waals surface area contributed by atoms with Gasteiger partial charge in [0.15, 0.2) is 6.61 Å². The summed E-state index contributed by atoms with van der Waals surface area (Å²) < 4.78 is 4.94. The zero-order valence-corrected chi connectivity index (χ0v) is 16.6. The number of hydrogen-bond acceptors (Lipinski definition) is 4. The molecular weight excluding hydrogens is 380 g/mol. The van der Waals surface area contributed by atoms with E-state index >= 15 is 0 Å². The molecule has 0 saturated heterocycles. The number of ether oxygens (including phenoxy) is 1. The van der Waals surface area contributed by atoms with Crippen molar-refractivity contribution in [2.24, 2.45) is 0 Å². The predicted octanol–water partition coefficient (Wildman–Crippen LogP) is 4.25. The highest BCUT2D eigenvalue weighted by Gasteiger charge is 2.10. The van der Waals surface area contributed by atoms with Gasteiger partial charge in [0.1, 0.15) is 0 Å². The van der Waals surface area contributed by atoms with E-state index in [9.17, 15) is 14.4 Å². The minimum absolute atomic E-state index is 0.0553. The van der Waals surface area contributed by atoms with Crippen LogP contribution in [0, 0.1) is 13.8 Å². The summed E-state index contributed by atoms with van der Waals surface area (Å²) in [4.78, 5) is 35.5. The molecule has 28 heavy (non-hydrogen) atoms. The second-order valence-corrected chi connectivity index (χ2v) is 6.80. The Hall–Kier alpha value is -2.86. The van der Waals surface area contributed by atoms with Crippen LogP contribution in [0.5, 0.6) is 0 Å². The highest BCUT2D eigenvalue weighted by atomic mass is 35.5. The molecule has 0 fully saturated rings. The van der Waals surface area contributed by atoms with Crippen molar-refractivity contribution in [2.75, 3.05) is 17.2 Å². The Bertz CT molecular complexity index is 867. The third-order valence-corrected chi connectivity index (χ3v) is 4.43. The Kier molecular flexibility index (Phi) is 8.02. The van der Waals surface area contributed by atoms with Crippen molar-refractivity contribution in [3.8, 4) is 0 Å². The number of anilines is 2. The van der Waals surface area contributed by atoms with Gasteiger partial charge in [-0.1, -0.05) is 35.9 Å². The summed E-state index contributed by atoms with van der Waals surface area (Å²) in [7, 11) is 0. The Morgan fingerprint density at radius 1 is 0.929 bits per heavy atom. The number of halogens is 1. The molecule has 0 atom stereocenters. The predicted molar refractivity (Wildman–Crippen MR) is 109 cm³/mol. The van der Waals surface area contributed by atoms with Crippen LogP contribution in [0.2, 0.25) is 5.02 Å². The largest absolute Gasteiger partial charge is 0.456 e. The van der Waals surface area contributed by atoms with E-state index in [2.05, 4.69) is 10.6 Å². The van der Waals surface area contributed by atoms with Crippen LogP contribution >= 0.6 is 11.6 Å². The van der Waals surface area contributed by atoms with Gasteiger partial charge in [-0.05, 0) is 49.6 Å². The molecule has 2 aromatic rings. The lowest BCUT2D eigenvalue weighted by molar-refractivity contribution is -0.147. The number of hydrogen-bond donors (Lipinski definition) is 2. The van der Waals surface area contributed by atoms with E-state index in [1.54, 1.807) is 18.2 Å². The Balaban J connectivity index is 1.65. The van der Waals surface area contributed by atoms with Crippen molar-refractivity contribution in [1.29, 1.82) is 0 Å². The molecule has 148 valence electrons. The van der Waals surface area contributed by atoms with Gasteiger partial charge in [-0.2, -0.15) is 0 Å². The Morgan fingerprint density at radius 2 is 1.68 bits per heavy atom.